The van der Waals surface area contributed by atoms with E-state index in [9.17, 15) is 4.79 Å². The molecule has 1 fully saturated rings. The van der Waals surface area contributed by atoms with Crippen LogP contribution in [0.25, 0.3) is 0 Å². The second-order valence-electron chi connectivity index (χ2n) is 6.28. The number of benzene rings is 1. The SMILES string of the molecule is CNc1ccc(C(=O)NCC2CCN(Cc3ccncc3)C2)cc1. The Kier molecular flexibility index (Phi) is 5.43. The predicted molar refractivity (Wildman–Crippen MR) is 95.9 cm³/mol. The molecule has 2 aromatic rings. The van der Waals surface area contributed by atoms with Gasteiger partial charge in [-0.1, -0.05) is 0 Å². The Balaban J connectivity index is 1.44. The second kappa shape index (κ2) is 7.93. The van der Waals surface area contributed by atoms with Crippen molar-refractivity contribution in [1.82, 2.24) is 15.2 Å². The number of carbonyl (C=O) groups excluding carboxylic acids is 1. The molecule has 3 rings (SSSR count). The van der Waals surface area contributed by atoms with Crippen molar-refractivity contribution in [1.29, 1.82) is 0 Å². The summed E-state index contributed by atoms with van der Waals surface area (Å²) in [7, 11) is 1.87. The molecule has 24 heavy (non-hydrogen) atoms. The number of hydrogen-bond acceptors (Lipinski definition) is 4. The van der Waals surface area contributed by atoms with Crippen LogP contribution in [0.3, 0.4) is 0 Å². The highest BCUT2D eigenvalue weighted by Crippen LogP contribution is 2.18. The molecule has 1 aliphatic rings. The summed E-state index contributed by atoms with van der Waals surface area (Å²) in [6.07, 6.45) is 4.80. The molecule has 5 nitrogen and oxygen atoms in total. The summed E-state index contributed by atoms with van der Waals surface area (Å²) in [4.78, 5) is 18.7. The Morgan fingerprint density at radius 3 is 2.67 bits per heavy atom. The fourth-order valence-electron chi connectivity index (χ4n) is 3.10. The zero-order valence-corrected chi connectivity index (χ0v) is 14.0. The van der Waals surface area contributed by atoms with Gasteiger partial charge in [0.25, 0.3) is 5.91 Å². The number of pyridine rings is 1. The molecular weight excluding hydrogens is 300 g/mol. The van der Waals surface area contributed by atoms with Gasteiger partial charge in [-0.3, -0.25) is 14.7 Å². The molecule has 2 heterocycles. The molecule has 0 saturated carbocycles. The summed E-state index contributed by atoms with van der Waals surface area (Å²) >= 11 is 0. The van der Waals surface area contributed by atoms with Gasteiger partial charge in [-0.25, -0.2) is 0 Å². The van der Waals surface area contributed by atoms with Gasteiger partial charge in [-0.05, 0) is 60.8 Å². The molecular formula is C19H24N4O. The molecule has 0 bridgehead atoms. The van der Waals surface area contributed by atoms with Gasteiger partial charge in [0.2, 0.25) is 0 Å². The van der Waals surface area contributed by atoms with Crippen LogP contribution in [0.15, 0.2) is 48.8 Å². The quantitative estimate of drug-likeness (QED) is 0.856. The molecule has 0 spiro atoms. The van der Waals surface area contributed by atoms with Crippen LogP contribution in [0.1, 0.15) is 22.3 Å². The van der Waals surface area contributed by atoms with Crippen molar-refractivity contribution in [3.8, 4) is 0 Å². The monoisotopic (exact) mass is 324 g/mol. The van der Waals surface area contributed by atoms with Crippen LogP contribution < -0.4 is 10.6 Å². The van der Waals surface area contributed by atoms with Crippen molar-refractivity contribution in [2.24, 2.45) is 5.92 Å². The maximum absolute atomic E-state index is 12.2. The Bertz CT molecular complexity index is 657. The van der Waals surface area contributed by atoms with E-state index in [1.807, 2.05) is 43.7 Å². The first-order valence-electron chi connectivity index (χ1n) is 8.42. The third-order valence-corrected chi connectivity index (χ3v) is 4.51. The summed E-state index contributed by atoms with van der Waals surface area (Å²) < 4.78 is 0. The summed E-state index contributed by atoms with van der Waals surface area (Å²) in [5.41, 5.74) is 3.01. The Morgan fingerprint density at radius 2 is 1.96 bits per heavy atom. The minimum absolute atomic E-state index is 0.00485. The number of nitrogens with one attached hydrogen (secondary N) is 2. The van der Waals surface area contributed by atoms with E-state index in [0.717, 1.165) is 38.3 Å². The number of carbonyl (C=O) groups is 1. The second-order valence-corrected chi connectivity index (χ2v) is 6.28. The summed E-state index contributed by atoms with van der Waals surface area (Å²) in [5, 5.41) is 6.12. The molecule has 1 saturated heterocycles. The lowest BCUT2D eigenvalue weighted by atomic mass is 10.1. The Hall–Kier alpha value is -2.40. The van der Waals surface area contributed by atoms with Crippen molar-refractivity contribution < 1.29 is 4.79 Å². The third-order valence-electron chi connectivity index (χ3n) is 4.51. The summed E-state index contributed by atoms with van der Waals surface area (Å²) in [6.45, 7) is 3.80. The fraction of sp³-hybridized carbons (Fsp3) is 0.368. The lowest BCUT2D eigenvalue weighted by molar-refractivity contribution is 0.0947. The van der Waals surface area contributed by atoms with Crippen LogP contribution >= 0.6 is 0 Å². The first-order chi connectivity index (χ1) is 11.7. The van der Waals surface area contributed by atoms with Crippen LogP contribution in [-0.4, -0.2) is 42.5 Å². The van der Waals surface area contributed by atoms with E-state index in [2.05, 4.69) is 32.7 Å². The molecule has 1 aromatic carbocycles. The molecule has 1 amide bonds. The van der Waals surface area contributed by atoms with Crippen LogP contribution in [0.4, 0.5) is 5.69 Å². The Morgan fingerprint density at radius 1 is 1.21 bits per heavy atom. The lowest BCUT2D eigenvalue weighted by Gasteiger charge is -2.16. The molecule has 1 aliphatic heterocycles. The average Bonchev–Trinajstić information content (AvgIpc) is 3.08. The van der Waals surface area contributed by atoms with Crippen LogP contribution in [0.2, 0.25) is 0 Å². The maximum Gasteiger partial charge on any atom is 0.251 e. The van der Waals surface area contributed by atoms with E-state index in [1.165, 1.54) is 5.56 Å². The molecule has 5 heteroatoms. The first kappa shape index (κ1) is 16.5. The third kappa shape index (κ3) is 4.32. The molecule has 1 atom stereocenters. The van der Waals surface area contributed by atoms with Crippen LogP contribution in [0.5, 0.6) is 0 Å². The van der Waals surface area contributed by atoms with E-state index in [-0.39, 0.29) is 5.91 Å². The topological polar surface area (TPSA) is 57.3 Å². The van der Waals surface area contributed by atoms with Gasteiger partial charge in [0.15, 0.2) is 0 Å². The predicted octanol–water partition coefficient (Wildman–Crippen LogP) is 2.38. The minimum atomic E-state index is 0.00485. The van der Waals surface area contributed by atoms with Gasteiger partial charge < -0.3 is 10.6 Å². The fourth-order valence-corrected chi connectivity index (χ4v) is 3.10. The first-order valence-corrected chi connectivity index (χ1v) is 8.42. The normalized spacial score (nSPS) is 17.6. The van der Waals surface area contributed by atoms with E-state index < -0.39 is 0 Å². The summed E-state index contributed by atoms with van der Waals surface area (Å²) in [5.74, 6) is 0.526. The number of nitrogens with zero attached hydrogens (tertiary/aromatic N) is 2. The van der Waals surface area contributed by atoms with Gasteiger partial charge in [-0.2, -0.15) is 0 Å². The maximum atomic E-state index is 12.2. The van der Waals surface area contributed by atoms with Gasteiger partial charge in [0.1, 0.15) is 0 Å². The van der Waals surface area contributed by atoms with Crippen LogP contribution in [0, 0.1) is 5.92 Å². The van der Waals surface area contributed by atoms with Gasteiger partial charge >= 0.3 is 0 Å². The molecule has 2 N–H and O–H groups in total. The standard InChI is InChI=1S/C19H24N4O/c1-20-18-4-2-17(3-5-18)19(24)22-12-16-8-11-23(14-16)13-15-6-9-21-10-7-15/h2-7,9-10,16,20H,8,11-14H2,1H3,(H,22,24). The van der Waals surface area contributed by atoms with Crippen molar-refractivity contribution >= 4 is 11.6 Å². The zero-order chi connectivity index (χ0) is 16.8. The summed E-state index contributed by atoms with van der Waals surface area (Å²) in [6, 6.07) is 11.7. The molecule has 1 unspecified atom stereocenters. The van der Waals surface area contributed by atoms with E-state index >= 15 is 0 Å². The van der Waals surface area contributed by atoms with E-state index in [4.69, 9.17) is 0 Å². The highest BCUT2D eigenvalue weighted by atomic mass is 16.1. The minimum Gasteiger partial charge on any atom is -0.388 e. The molecule has 0 radical (unpaired) electrons. The molecule has 1 aromatic heterocycles. The Labute approximate surface area is 143 Å². The van der Waals surface area contributed by atoms with Crippen LogP contribution in [-0.2, 0) is 6.54 Å². The number of hydrogen-bond donors (Lipinski definition) is 2. The smallest absolute Gasteiger partial charge is 0.251 e. The van der Waals surface area contributed by atoms with Crippen molar-refractivity contribution in [3.05, 3.63) is 59.9 Å². The van der Waals surface area contributed by atoms with E-state index in [0.29, 0.717) is 11.5 Å². The number of likely N-dealkylation sites (tertiary alicyclic amines) is 1. The van der Waals surface area contributed by atoms with Crippen molar-refractivity contribution in [2.45, 2.75) is 13.0 Å². The number of anilines is 1. The largest absolute Gasteiger partial charge is 0.388 e. The molecule has 0 aliphatic carbocycles. The van der Waals surface area contributed by atoms with E-state index in [1.54, 1.807) is 0 Å². The van der Waals surface area contributed by atoms with Crippen molar-refractivity contribution in [3.63, 3.8) is 0 Å². The van der Waals surface area contributed by atoms with Gasteiger partial charge in [-0.15, -0.1) is 0 Å². The lowest BCUT2D eigenvalue weighted by Crippen LogP contribution is -2.30. The van der Waals surface area contributed by atoms with Crippen molar-refractivity contribution in [2.75, 3.05) is 32.0 Å². The average molecular weight is 324 g/mol. The highest BCUT2D eigenvalue weighted by Gasteiger charge is 2.22. The highest BCUT2D eigenvalue weighted by molar-refractivity contribution is 5.94. The number of rotatable bonds is 6. The number of amides is 1. The zero-order valence-electron chi connectivity index (χ0n) is 14.0. The van der Waals surface area contributed by atoms with Gasteiger partial charge in [0, 0.05) is 50.3 Å². The van der Waals surface area contributed by atoms with Gasteiger partial charge in [0.05, 0.1) is 0 Å². The number of aromatic nitrogens is 1. The molecule has 126 valence electrons.